The summed E-state index contributed by atoms with van der Waals surface area (Å²) in [6.45, 7) is 7.27. The van der Waals surface area contributed by atoms with Gasteiger partial charge in [0.15, 0.2) is 0 Å². The number of hydrogen-bond donors (Lipinski definition) is 1. The van der Waals surface area contributed by atoms with Crippen LogP contribution in [0.25, 0.3) is 45.7 Å². The number of ether oxygens (including phenoxy) is 4. The zero-order valence-corrected chi connectivity index (χ0v) is 35.5. The van der Waals surface area contributed by atoms with Crippen LogP contribution in [0.1, 0.15) is 62.8 Å². The molecule has 6 rings (SSSR count). The third-order valence-electron chi connectivity index (χ3n) is 8.56. The molecular weight excluding hydrogens is 849 g/mol. The highest BCUT2D eigenvalue weighted by Gasteiger charge is 2.21. The Balaban J connectivity index is 0.00000704. The summed E-state index contributed by atoms with van der Waals surface area (Å²) in [4.78, 5) is 34.0. The van der Waals surface area contributed by atoms with E-state index in [1.165, 1.54) is 0 Å². The molecule has 0 bridgehead atoms. The van der Waals surface area contributed by atoms with E-state index in [4.69, 9.17) is 56.9 Å². The number of carbonyl (C=O) groups excluding carboxylic acids is 2. The average molecular weight is 887 g/mol. The Morgan fingerprint density at radius 1 is 0.705 bits per heavy atom. The number of benzene rings is 4. The van der Waals surface area contributed by atoms with Crippen molar-refractivity contribution in [2.75, 3.05) is 0 Å². The number of carbonyl (C=O) groups is 2. The van der Waals surface area contributed by atoms with Crippen molar-refractivity contribution in [1.29, 1.82) is 10.5 Å². The van der Waals surface area contributed by atoms with E-state index >= 15 is 0 Å². The number of nitrogens with zero attached hydrogens (tertiary/aromatic N) is 6. The van der Waals surface area contributed by atoms with Gasteiger partial charge in [-0.3, -0.25) is 9.59 Å². The molecule has 0 spiro atoms. The maximum absolute atomic E-state index is 12.6. The molecule has 2 heterocycles. The van der Waals surface area contributed by atoms with Gasteiger partial charge in [0.2, 0.25) is 11.6 Å². The molecular formula is C43H38Cl3N7O8. The van der Waals surface area contributed by atoms with E-state index in [1.54, 1.807) is 72.8 Å². The van der Waals surface area contributed by atoms with Gasteiger partial charge in [0.05, 0.1) is 33.4 Å². The normalized spacial score (nSPS) is 11.3. The van der Waals surface area contributed by atoms with Crippen molar-refractivity contribution in [2.24, 2.45) is 5.73 Å². The average Bonchev–Trinajstić information content (AvgIpc) is 3.92. The second-order valence-corrected chi connectivity index (χ2v) is 14.7. The number of nitrogens with two attached hydrogens (primary N) is 1. The third kappa shape index (κ3) is 11.6. The lowest BCUT2D eigenvalue weighted by Crippen LogP contribution is -2.32. The van der Waals surface area contributed by atoms with Gasteiger partial charge in [0, 0.05) is 28.7 Å². The highest BCUT2D eigenvalue weighted by molar-refractivity contribution is 6.33. The molecule has 18 heteroatoms. The SMILES string of the molecule is CC(C)Oc1ccc(-c2nc(-c3ccc(COC(=O)CC[C@H](N)C(=O)OCc4ccc(-c5noc(-c6ccc(OC(C)C)c(C#N)c6)n5)c(Cl)c4)cc3Cl)no2)cc1C#N.Cl. The first kappa shape index (κ1) is 45.6. The van der Waals surface area contributed by atoms with Crippen LogP contribution < -0.4 is 15.2 Å². The van der Waals surface area contributed by atoms with Crippen LogP contribution in [0, 0.1) is 22.7 Å². The molecule has 4 aromatic carbocycles. The predicted octanol–water partition coefficient (Wildman–Crippen LogP) is 9.06. The Labute approximate surface area is 366 Å². The number of rotatable bonds is 16. The Bertz CT molecular complexity index is 2620. The molecule has 0 saturated heterocycles. The van der Waals surface area contributed by atoms with E-state index in [9.17, 15) is 20.1 Å². The molecule has 2 N–H and O–H groups in total. The highest BCUT2D eigenvalue weighted by atomic mass is 35.5. The van der Waals surface area contributed by atoms with E-state index in [0.29, 0.717) is 61.0 Å². The first-order valence-electron chi connectivity index (χ1n) is 18.6. The molecule has 15 nitrogen and oxygen atoms in total. The van der Waals surface area contributed by atoms with E-state index in [2.05, 4.69) is 32.4 Å². The molecule has 0 aliphatic heterocycles. The molecule has 6 aromatic rings. The topological polar surface area (TPSA) is 222 Å². The minimum atomic E-state index is -1.08. The van der Waals surface area contributed by atoms with Gasteiger partial charge in [-0.2, -0.15) is 20.5 Å². The van der Waals surface area contributed by atoms with Crippen LogP contribution in [0.4, 0.5) is 0 Å². The molecule has 1 atom stereocenters. The summed E-state index contributed by atoms with van der Waals surface area (Å²) in [6.07, 6.45) is -0.343. The quantitative estimate of drug-likeness (QED) is 0.0895. The van der Waals surface area contributed by atoms with E-state index in [1.807, 2.05) is 27.7 Å². The number of nitriles is 2. The van der Waals surface area contributed by atoms with Gasteiger partial charge in [-0.1, -0.05) is 45.6 Å². The maximum Gasteiger partial charge on any atom is 0.323 e. The van der Waals surface area contributed by atoms with E-state index in [-0.39, 0.29) is 79.1 Å². The minimum absolute atomic E-state index is 0. The molecule has 0 unspecified atom stereocenters. The highest BCUT2D eigenvalue weighted by Crippen LogP contribution is 2.33. The van der Waals surface area contributed by atoms with Gasteiger partial charge in [-0.25, -0.2) is 0 Å². The zero-order valence-electron chi connectivity index (χ0n) is 33.2. The molecule has 0 amide bonds. The van der Waals surface area contributed by atoms with Crippen molar-refractivity contribution in [3.05, 3.63) is 105 Å². The van der Waals surface area contributed by atoms with Gasteiger partial charge < -0.3 is 33.7 Å². The summed E-state index contributed by atoms with van der Waals surface area (Å²) >= 11 is 13.1. The molecule has 314 valence electrons. The largest absolute Gasteiger partial charge is 0.490 e. The lowest BCUT2D eigenvalue weighted by Gasteiger charge is -2.12. The van der Waals surface area contributed by atoms with Gasteiger partial charge >= 0.3 is 11.9 Å². The van der Waals surface area contributed by atoms with Crippen molar-refractivity contribution < 1.29 is 37.6 Å². The second kappa shape index (κ2) is 20.7. The third-order valence-corrected chi connectivity index (χ3v) is 9.19. The standard InChI is InChI=1S/C43H37Cl2N7O8.ClH/c1-23(2)57-36-12-7-27(17-29(36)19-46)41-49-39(51-59-41)31-9-5-25(15-33(31)44)21-55-38(53)14-11-35(48)43(54)56-22-26-6-10-32(34(45)16-26)40-50-42(60-52-40)28-8-13-37(58-24(3)4)30(18-28)20-47;/h5-10,12-13,15-18,23-24,35H,11,14,21-22,48H2,1-4H3;1H/t35-;/m0./s1. The summed E-state index contributed by atoms with van der Waals surface area (Å²) in [6, 6.07) is 23.1. The zero-order chi connectivity index (χ0) is 42.9. The van der Waals surface area contributed by atoms with Crippen molar-refractivity contribution in [3.63, 3.8) is 0 Å². The Morgan fingerprint density at radius 2 is 1.16 bits per heavy atom. The second-order valence-electron chi connectivity index (χ2n) is 13.9. The fourth-order valence-electron chi connectivity index (χ4n) is 5.66. The molecule has 0 saturated carbocycles. The Morgan fingerprint density at radius 3 is 1.59 bits per heavy atom. The lowest BCUT2D eigenvalue weighted by atomic mass is 10.1. The molecule has 0 aliphatic carbocycles. The molecule has 61 heavy (non-hydrogen) atoms. The smallest absolute Gasteiger partial charge is 0.323 e. The minimum Gasteiger partial charge on any atom is -0.490 e. The van der Waals surface area contributed by atoms with Crippen LogP contribution in [0.3, 0.4) is 0 Å². The lowest BCUT2D eigenvalue weighted by molar-refractivity contribution is -0.148. The van der Waals surface area contributed by atoms with Gasteiger partial charge in [0.25, 0.3) is 11.8 Å². The van der Waals surface area contributed by atoms with Crippen LogP contribution in [0.15, 0.2) is 81.8 Å². The van der Waals surface area contributed by atoms with Crippen molar-refractivity contribution >= 4 is 47.5 Å². The fourth-order valence-corrected chi connectivity index (χ4v) is 6.24. The summed E-state index contributed by atoms with van der Waals surface area (Å²) in [5.41, 5.74) is 9.89. The molecule has 2 aromatic heterocycles. The van der Waals surface area contributed by atoms with Crippen molar-refractivity contribution in [1.82, 2.24) is 20.3 Å². The Kier molecular flexibility index (Phi) is 15.4. The monoisotopic (exact) mass is 885 g/mol. The van der Waals surface area contributed by atoms with Crippen molar-refractivity contribution in [3.8, 4) is 69.3 Å². The van der Waals surface area contributed by atoms with Crippen LogP contribution in [0.5, 0.6) is 11.5 Å². The molecule has 0 radical (unpaired) electrons. The number of hydrogen-bond acceptors (Lipinski definition) is 15. The van der Waals surface area contributed by atoms with Gasteiger partial charge in [-0.05, 0) is 106 Å². The van der Waals surface area contributed by atoms with Crippen molar-refractivity contribution in [2.45, 2.75) is 72.0 Å². The first-order chi connectivity index (χ1) is 28.8. The molecule has 0 fully saturated rings. The van der Waals surface area contributed by atoms with Gasteiger partial charge in [-0.15, -0.1) is 12.4 Å². The van der Waals surface area contributed by atoms with Crippen LogP contribution in [0.2, 0.25) is 10.0 Å². The van der Waals surface area contributed by atoms with Gasteiger partial charge in [0.1, 0.15) is 42.9 Å². The number of halogens is 3. The molecule has 0 aliphatic rings. The van der Waals surface area contributed by atoms with Crippen LogP contribution in [-0.4, -0.2) is 50.5 Å². The predicted molar refractivity (Wildman–Crippen MR) is 225 cm³/mol. The summed E-state index contributed by atoms with van der Waals surface area (Å²) in [7, 11) is 0. The fraction of sp³-hybridized carbons (Fsp3) is 0.256. The number of aromatic nitrogens is 4. The Hall–Kier alpha value is -6.49. The maximum atomic E-state index is 12.6. The van der Waals surface area contributed by atoms with E-state index < -0.39 is 18.0 Å². The first-order valence-corrected chi connectivity index (χ1v) is 19.3. The summed E-state index contributed by atoms with van der Waals surface area (Å²) in [5, 5.41) is 27.8. The summed E-state index contributed by atoms with van der Waals surface area (Å²) in [5.74, 6) is 0.459. The number of esters is 2. The van der Waals surface area contributed by atoms with Crippen LogP contribution >= 0.6 is 35.6 Å². The van der Waals surface area contributed by atoms with E-state index in [0.717, 1.165) is 0 Å². The summed E-state index contributed by atoms with van der Waals surface area (Å²) < 4.78 is 33.0. The van der Waals surface area contributed by atoms with Crippen LogP contribution in [-0.2, 0) is 32.3 Å².